The predicted octanol–water partition coefficient (Wildman–Crippen LogP) is 2.35. The minimum absolute atomic E-state index is 0.303. The molecule has 1 rings (SSSR count). The summed E-state index contributed by atoms with van der Waals surface area (Å²) in [6.07, 6.45) is 0.521. The number of alkyl halides is 1. The van der Waals surface area contributed by atoms with Crippen LogP contribution in [-0.2, 0) is 0 Å². The monoisotopic (exact) mass is 192 g/mol. The molecule has 0 radical (unpaired) electrons. The summed E-state index contributed by atoms with van der Waals surface area (Å²) in [5, 5.41) is 8.69. The molecule has 3 heteroatoms. The van der Waals surface area contributed by atoms with Crippen LogP contribution in [0.2, 0.25) is 0 Å². The molecule has 0 aliphatic heterocycles. The summed E-state index contributed by atoms with van der Waals surface area (Å²) >= 11 is 0. The van der Waals surface area contributed by atoms with Gasteiger partial charge in [-0.05, 0) is 24.6 Å². The fourth-order valence-corrected chi connectivity index (χ4v) is 1.24. The highest BCUT2D eigenvalue weighted by Crippen LogP contribution is 2.14. The second kappa shape index (κ2) is 5.23. The van der Waals surface area contributed by atoms with E-state index in [-0.39, 0.29) is 6.67 Å². The molecule has 0 fully saturated rings. The van der Waals surface area contributed by atoms with Crippen LogP contribution < -0.4 is 4.90 Å². The molecule has 0 saturated heterocycles. The van der Waals surface area contributed by atoms with Crippen molar-refractivity contribution in [3.05, 3.63) is 29.8 Å². The summed E-state index contributed by atoms with van der Waals surface area (Å²) in [6, 6.07) is 9.39. The van der Waals surface area contributed by atoms with Crippen molar-refractivity contribution in [1.82, 2.24) is 0 Å². The van der Waals surface area contributed by atoms with Crippen LogP contribution in [0.5, 0.6) is 0 Å². The Hall–Kier alpha value is -1.56. The molecule has 1 aromatic rings. The van der Waals surface area contributed by atoms with Gasteiger partial charge in [0, 0.05) is 19.3 Å². The zero-order valence-corrected chi connectivity index (χ0v) is 8.20. The van der Waals surface area contributed by atoms with Crippen molar-refractivity contribution in [1.29, 1.82) is 5.26 Å². The maximum absolute atomic E-state index is 11.9. The molecule has 0 spiro atoms. The number of nitrogens with zero attached hydrogens (tertiary/aromatic N) is 2. The van der Waals surface area contributed by atoms with Crippen LogP contribution in [0.3, 0.4) is 0 Å². The molecule has 0 aliphatic rings. The van der Waals surface area contributed by atoms with Crippen molar-refractivity contribution in [3.63, 3.8) is 0 Å². The van der Waals surface area contributed by atoms with E-state index in [1.807, 2.05) is 24.1 Å². The van der Waals surface area contributed by atoms with E-state index in [4.69, 9.17) is 5.26 Å². The molecule has 0 aromatic heterocycles. The Morgan fingerprint density at radius 1 is 1.50 bits per heavy atom. The Balaban J connectivity index is 2.70. The largest absolute Gasteiger partial charge is 0.374 e. The highest BCUT2D eigenvalue weighted by molar-refractivity contribution is 5.50. The van der Waals surface area contributed by atoms with Gasteiger partial charge in [0.05, 0.1) is 18.3 Å². The molecule has 0 amide bonds. The van der Waals surface area contributed by atoms with Crippen LogP contribution in [0.15, 0.2) is 24.3 Å². The third-order valence-electron chi connectivity index (χ3n) is 2.04. The molecule has 0 aliphatic carbocycles. The minimum atomic E-state index is -0.303. The van der Waals surface area contributed by atoms with E-state index in [2.05, 4.69) is 6.07 Å². The van der Waals surface area contributed by atoms with Crippen LogP contribution in [-0.4, -0.2) is 20.3 Å². The number of anilines is 1. The van der Waals surface area contributed by atoms with Gasteiger partial charge in [0.2, 0.25) is 0 Å². The summed E-state index contributed by atoms with van der Waals surface area (Å²) < 4.78 is 11.9. The van der Waals surface area contributed by atoms with Crippen LogP contribution in [0.4, 0.5) is 10.1 Å². The van der Waals surface area contributed by atoms with Gasteiger partial charge in [0.25, 0.3) is 0 Å². The number of hydrogen-bond acceptors (Lipinski definition) is 2. The first-order valence-electron chi connectivity index (χ1n) is 4.55. The predicted molar refractivity (Wildman–Crippen MR) is 55.0 cm³/mol. The number of benzene rings is 1. The van der Waals surface area contributed by atoms with E-state index in [9.17, 15) is 4.39 Å². The summed E-state index contributed by atoms with van der Waals surface area (Å²) in [4.78, 5) is 1.94. The maximum Gasteiger partial charge on any atom is 0.0992 e. The molecule has 1 aromatic carbocycles. The summed E-state index contributed by atoms with van der Waals surface area (Å²) in [5.74, 6) is 0. The summed E-state index contributed by atoms with van der Waals surface area (Å²) in [6.45, 7) is 0.369. The van der Waals surface area contributed by atoms with E-state index in [0.717, 1.165) is 5.69 Å². The third-order valence-corrected chi connectivity index (χ3v) is 2.04. The van der Waals surface area contributed by atoms with E-state index in [0.29, 0.717) is 18.5 Å². The number of nitriles is 1. The highest BCUT2D eigenvalue weighted by atomic mass is 19.1. The standard InChI is InChI=1S/C11H13FN2/c1-14(7-3-6-12)11-5-2-4-10(8-11)9-13/h2,4-5,8H,3,6-7H2,1H3. The van der Waals surface area contributed by atoms with Gasteiger partial charge in [0.15, 0.2) is 0 Å². The van der Waals surface area contributed by atoms with Gasteiger partial charge in [0.1, 0.15) is 0 Å². The number of halogens is 1. The first-order chi connectivity index (χ1) is 6.77. The van der Waals surface area contributed by atoms with Gasteiger partial charge in [-0.15, -0.1) is 0 Å². The second-order valence-corrected chi connectivity index (χ2v) is 3.13. The molecule has 0 bridgehead atoms. The van der Waals surface area contributed by atoms with Crippen molar-refractivity contribution in [2.24, 2.45) is 0 Å². The maximum atomic E-state index is 11.9. The van der Waals surface area contributed by atoms with Gasteiger partial charge in [-0.1, -0.05) is 6.07 Å². The SMILES string of the molecule is CN(CCCF)c1cccc(C#N)c1. The van der Waals surface area contributed by atoms with Gasteiger partial charge < -0.3 is 4.90 Å². The van der Waals surface area contributed by atoms with E-state index in [1.54, 1.807) is 12.1 Å². The van der Waals surface area contributed by atoms with E-state index in [1.165, 1.54) is 0 Å². The van der Waals surface area contributed by atoms with E-state index >= 15 is 0 Å². The molecule has 2 nitrogen and oxygen atoms in total. The van der Waals surface area contributed by atoms with Gasteiger partial charge in [-0.2, -0.15) is 5.26 Å². The lowest BCUT2D eigenvalue weighted by atomic mass is 10.2. The molecule has 0 heterocycles. The smallest absolute Gasteiger partial charge is 0.0992 e. The Labute approximate surface area is 83.6 Å². The van der Waals surface area contributed by atoms with Crippen molar-refractivity contribution >= 4 is 5.69 Å². The zero-order valence-electron chi connectivity index (χ0n) is 8.20. The Morgan fingerprint density at radius 2 is 2.29 bits per heavy atom. The highest BCUT2D eigenvalue weighted by Gasteiger charge is 2.00. The van der Waals surface area contributed by atoms with Gasteiger partial charge >= 0.3 is 0 Å². The Morgan fingerprint density at radius 3 is 2.93 bits per heavy atom. The number of rotatable bonds is 4. The van der Waals surface area contributed by atoms with Gasteiger partial charge in [-0.25, -0.2) is 0 Å². The average molecular weight is 192 g/mol. The number of hydrogen-bond donors (Lipinski definition) is 0. The minimum Gasteiger partial charge on any atom is -0.374 e. The van der Waals surface area contributed by atoms with Crippen molar-refractivity contribution in [2.75, 3.05) is 25.2 Å². The first-order valence-corrected chi connectivity index (χ1v) is 4.55. The topological polar surface area (TPSA) is 27.0 Å². The van der Waals surface area contributed by atoms with Crippen LogP contribution in [0.1, 0.15) is 12.0 Å². The quantitative estimate of drug-likeness (QED) is 0.732. The fraction of sp³-hybridized carbons (Fsp3) is 0.364. The summed E-state index contributed by atoms with van der Waals surface area (Å²) in [7, 11) is 1.89. The molecule has 0 N–H and O–H groups in total. The van der Waals surface area contributed by atoms with Crippen molar-refractivity contribution in [3.8, 4) is 6.07 Å². The zero-order chi connectivity index (χ0) is 10.4. The molecule has 74 valence electrons. The third kappa shape index (κ3) is 2.74. The Bertz CT molecular complexity index is 330. The van der Waals surface area contributed by atoms with Gasteiger partial charge in [-0.3, -0.25) is 4.39 Å². The molecule has 0 saturated carbocycles. The lowest BCUT2D eigenvalue weighted by Gasteiger charge is -2.18. The summed E-state index contributed by atoms with van der Waals surface area (Å²) in [5.41, 5.74) is 1.59. The second-order valence-electron chi connectivity index (χ2n) is 3.13. The average Bonchev–Trinajstić information content (AvgIpc) is 2.26. The van der Waals surface area contributed by atoms with E-state index < -0.39 is 0 Å². The lowest BCUT2D eigenvalue weighted by Crippen LogP contribution is -2.18. The van der Waals surface area contributed by atoms with Crippen LogP contribution in [0.25, 0.3) is 0 Å². The van der Waals surface area contributed by atoms with Crippen molar-refractivity contribution < 1.29 is 4.39 Å². The molecule has 0 atom stereocenters. The molecule has 0 unspecified atom stereocenters. The normalized spacial score (nSPS) is 9.50. The van der Waals surface area contributed by atoms with Crippen LogP contribution >= 0.6 is 0 Å². The Kier molecular flexibility index (Phi) is 3.93. The van der Waals surface area contributed by atoms with Crippen LogP contribution in [0, 0.1) is 11.3 Å². The molecular weight excluding hydrogens is 179 g/mol. The first kappa shape index (κ1) is 10.5. The lowest BCUT2D eigenvalue weighted by molar-refractivity contribution is 0.474. The fourth-order valence-electron chi connectivity index (χ4n) is 1.24. The molecular formula is C11H13FN2. The molecule has 14 heavy (non-hydrogen) atoms. The van der Waals surface area contributed by atoms with Crippen molar-refractivity contribution in [2.45, 2.75) is 6.42 Å².